The molecule has 1 saturated heterocycles. The predicted octanol–water partition coefficient (Wildman–Crippen LogP) is 3.49. The maximum Gasteiger partial charge on any atom is 0.335 e. The summed E-state index contributed by atoms with van der Waals surface area (Å²) >= 11 is 0. The molecule has 4 heteroatoms. The van der Waals surface area contributed by atoms with E-state index in [9.17, 15) is 4.79 Å². The molecule has 4 nitrogen and oxygen atoms in total. The Morgan fingerprint density at radius 2 is 1.88 bits per heavy atom. The minimum Gasteiger partial charge on any atom is -0.478 e. The average molecular weight is 324 g/mol. The van der Waals surface area contributed by atoms with Crippen molar-refractivity contribution in [2.24, 2.45) is 0 Å². The molecule has 126 valence electrons. The van der Waals surface area contributed by atoms with Crippen LogP contribution in [0, 0.1) is 0 Å². The Morgan fingerprint density at radius 1 is 1.17 bits per heavy atom. The van der Waals surface area contributed by atoms with Crippen molar-refractivity contribution in [1.29, 1.82) is 0 Å². The van der Waals surface area contributed by atoms with E-state index >= 15 is 0 Å². The molecule has 1 aliphatic heterocycles. The molecule has 0 bridgehead atoms. The molecule has 1 atom stereocenters. The summed E-state index contributed by atoms with van der Waals surface area (Å²) in [6, 6.07) is 18.3. The van der Waals surface area contributed by atoms with Gasteiger partial charge in [0, 0.05) is 31.4 Å². The first kappa shape index (κ1) is 16.5. The van der Waals surface area contributed by atoms with Gasteiger partial charge in [-0.1, -0.05) is 30.3 Å². The van der Waals surface area contributed by atoms with E-state index < -0.39 is 5.97 Å². The normalized spacial score (nSPS) is 17.9. The number of para-hydroxylation sites is 1. The van der Waals surface area contributed by atoms with Crippen LogP contribution in [0.25, 0.3) is 0 Å². The number of hydrogen-bond donors (Lipinski definition) is 1. The van der Waals surface area contributed by atoms with Gasteiger partial charge in [-0.25, -0.2) is 4.79 Å². The highest BCUT2D eigenvalue weighted by atomic mass is 16.4. The first-order valence-electron chi connectivity index (χ1n) is 8.46. The smallest absolute Gasteiger partial charge is 0.335 e. The molecule has 0 radical (unpaired) electrons. The molecular weight excluding hydrogens is 300 g/mol. The first-order chi connectivity index (χ1) is 11.6. The van der Waals surface area contributed by atoms with Crippen LogP contribution in [0.5, 0.6) is 0 Å². The summed E-state index contributed by atoms with van der Waals surface area (Å²) in [7, 11) is 2.16. The van der Waals surface area contributed by atoms with Gasteiger partial charge in [-0.2, -0.15) is 0 Å². The molecule has 1 N–H and O–H groups in total. The molecule has 0 unspecified atom stereocenters. The van der Waals surface area contributed by atoms with Crippen LogP contribution in [0.2, 0.25) is 0 Å². The van der Waals surface area contributed by atoms with Gasteiger partial charge in [-0.3, -0.25) is 4.90 Å². The van der Waals surface area contributed by atoms with Crippen molar-refractivity contribution in [3.05, 3.63) is 65.7 Å². The second-order valence-electron chi connectivity index (χ2n) is 6.49. The molecule has 2 aromatic carbocycles. The van der Waals surface area contributed by atoms with Crippen molar-refractivity contribution in [1.82, 2.24) is 4.90 Å². The van der Waals surface area contributed by atoms with Crippen LogP contribution in [0.15, 0.2) is 54.6 Å². The van der Waals surface area contributed by atoms with E-state index in [1.165, 1.54) is 18.5 Å². The van der Waals surface area contributed by atoms with Gasteiger partial charge < -0.3 is 10.0 Å². The number of likely N-dealkylation sites (N-methyl/N-ethyl adjacent to an activating group) is 1. The Hall–Kier alpha value is -2.33. The van der Waals surface area contributed by atoms with Gasteiger partial charge in [-0.05, 0) is 49.7 Å². The minimum absolute atomic E-state index is 0.342. The quantitative estimate of drug-likeness (QED) is 0.914. The zero-order valence-electron chi connectivity index (χ0n) is 14.1. The molecule has 3 rings (SSSR count). The summed E-state index contributed by atoms with van der Waals surface area (Å²) in [5.74, 6) is -0.874. The number of anilines is 1. The second-order valence-corrected chi connectivity index (χ2v) is 6.49. The topological polar surface area (TPSA) is 43.8 Å². The van der Waals surface area contributed by atoms with Crippen molar-refractivity contribution in [3.8, 4) is 0 Å². The van der Waals surface area contributed by atoms with Crippen molar-refractivity contribution >= 4 is 11.7 Å². The van der Waals surface area contributed by atoms with E-state index in [0.29, 0.717) is 11.6 Å². The Labute approximate surface area is 143 Å². The number of rotatable bonds is 5. The fourth-order valence-electron chi connectivity index (χ4n) is 3.36. The third-order valence-electron chi connectivity index (χ3n) is 4.77. The van der Waals surface area contributed by atoms with Crippen LogP contribution in [0.4, 0.5) is 5.69 Å². The summed E-state index contributed by atoms with van der Waals surface area (Å²) in [6.45, 7) is 2.99. The molecule has 0 aromatic heterocycles. The van der Waals surface area contributed by atoms with Crippen LogP contribution in [-0.4, -0.2) is 42.2 Å². The molecule has 0 amide bonds. The lowest BCUT2D eigenvalue weighted by Gasteiger charge is -2.39. The van der Waals surface area contributed by atoms with Crippen LogP contribution < -0.4 is 4.90 Å². The lowest BCUT2D eigenvalue weighted by Crippen LogP contribution is -2.46. The fourth-order valence-corrected chi connectivity index (χ4v) is 3.36. The molecule has 1 fully saturated rings. The Balaban J connectivity index is 1.62. The Morgan fingerprint density at radius 3 is 2.54 bits per heavy atom. The summed E-state index contributed by atoms with van der Waals surface area (Å²) in [6.07, 6.45) is 2.40. The zero-order chi connectivity index (χ0) is 16.9. The lowest BCUT2D eigenvalue weighted by molar-refractivity contribution is 0.0697. The number of benzene rings is 2. The van der Waals surface area contributed by atoms with E-state index in [2.05, 4.69) is 47.2 Å². The standard InChI is InChI=1S/C20H24N2O2/c1-21(14-16-9-11-17(12-10-16)20(23)24)19-8-5-13-22(15-19)18-6-3-2-4-7-18/h2-4,6-7,9-12,19H,5,8,13-15H2,1H3,(H,23,24)/t19-/m0/s1. The SMILES string of the molecule is CN(Cc1ccc(C(=O)O)cc1)[C@H]1CCCN(c2ccccc2)C1. The Bertz CT molecular complexity index is 670. The molecule has 1 aliphatic rings. The maximum absolute atomic E-state index is 10.9. The van der Waals surface area contributed by atoms with Crippen molar-refractivity contribution in [3.63, 3.8) is 0 Å². The monoisotopic (exact) mass is 324 g/mol. The summed E-state index contributed by atoms with van der Waals surface area (Å²) in [4.78, 5) is 15.8. The first-order valence-corrected chi connectivity index (χ1v) is 8.46. The number of carbonyl (C=O) groups is 1. The number of piperidine rings is 1. The van der Waals surface area contributed by atoms with Gasteiger partial charge in [-0.15, -0.1) is 0 Å². The van der Waals surface area contributed by atoms with Gasteiger partial charge in [0.2, 0.25) is 0 Å². The van der Waals surface area contributed by atoms with E-state index in [-0.39, 0.29) is 0 Å². The number of carboxylic acid groups (broad SMARTS) is 1. The second kappa shape index (κ2) is 7.49. The van der Waals surface area contributed by atoms with E-state index in [0.717, 1.165) is 25.2 Å². The van der Waals surface area contributed by atoms with Crippen molar-refractivity contribution in [2.45, 2.75) is 25.4 Å². The molecule has 1 heterocycles. The fraction of sp³-hybridized carbons (Fsp3) is 0.350. The van der Waals surface area contributed by atoms with Gasteiger partial charge in [0.1, 0.15) is 0 Å². The van der Waals surface area contributed by atoms with E-state index in [1.807, 2.05) is 12.1 Å². The van der Waals surface area contributed by atoms with Gasteiger partial charge >= 0.3 is 5.97 Å². The third-order valence-corrected chi connectivity index (χ3v) is 4.77. The van der Waals surface area contributed by atoms with Gasteiger partial charge in [0.25, 0.3) is 0 Å². The summed E-state index contributed by atoms with van der Waals surface area (Å²) in [5, 5.41) is 8.98. The predicted molar refractivity (Wildman–Crippen MR) is 96.5 cm³/mol. The van der Waals surface area contributed by atoms with Crippen molar-refractivity contribution in [2.75, 3.05) is 25.0 Å². The van der Waals surface area contributed by atoms with Crippen LogP contribution in [-0.2, 0) is 6.54 Å². The van der Waals surface area contributed by atoms with Crippen LogP contribution in [0.1, 0.15) is 28.8 Å². The Kier molecular flexibility index (Phi) is 5.16. The number of hydrogen-bond acceptors (Lipinski definition) is 3. The van der Waals surface area contributed by atoms with Crippen molar-refractivity contribution < 1.29 is 9.90 Å². The molecule has 0 spiro atoms. The van der Waals surface area contributed by atoms with Gasteiger partial charge in [0.05, 0.1) is 5.56 Å². The number of aromatic carboxylic acids is 1. The molecule has 2 aromatic rings. The highest BCUT2D eigenvalue weighted by Gasteiger charge is 2.23. The van der Waals surface area contributed by atoms with E-state index in [1.54, 1.807) is 12.1 Å². The third kappa shape index (κ3) is 3.95. The van der Waals surface area contributed by atoms with Crippen LogP contribution >= 0.6 is 0 Å². The summed E-state index contributed by atoms with van der Waals surface area (Å²) < 4.78 is 0. The van der Waals surface area contributed by atoms with E-state index in [4.69, 9.17) is 5.11 Å². The molecule has 0 saturated carbocycles. The lowest BCUT2D eigenvalue weighted by atomic mass is 10.0. The summed E-state index contributed by atoms with van der Waals surface area (Å²) in [5.41, 5.74) is 2.79. The largest absolute Gasteiger partial charge is 0.478 e. The number of nitrogens with zero attached hydrogens (tertiary/aromatic N) is 2. The van der Waals surface area contributed by atoms with Crippen LogP contribution in [0.3, 0.4) is 0 Å². The molecular formula is C20H24N2O2. The van der Waals surface area contributed by atoms with Gasteiger partial charge in [0.15, 0.2) is 0 Å². The molecule has 24 heavy (non-hydrogen) atoms. The highest BCUT2D eigenvalue weighted by molar-refractivity contribution is 5.87. The highest BCUT2D eigenvalue weighted by Crippen LogP contribution is 2.22. The zero-order valence-corrected chi connectivity index (χ0v) is 14.1. The maximum atomic E-state index is 10.9. The average Bonchev–Trinajstić information content (AvgIpc) is 2.63. The number of carboxylic acids is 1. The molecule has 0 aliphatic carbocycles. The minimum atomic E-state index is -0.874.